The molecule has 5 heteroatoms. The Balaban J connectivity index is 1.61. The van der Waals surface area contributed by atoms with Gasteiger partial charge in [-0.1, -0.05) is 12.1 Å². The van der Waals surface area contributed by atoms with E-state index in [1.807, 2.05) is 24.0 Å². The molecule has 1 amide bonds. The number of imidazole rings is 1. The smallest absolute Gasteiger partial charge is 0.228 e. The van der Waals surface area contributed by atoms with Crippen LogP contribution in [0.15, 0.2) is 30.6 Å². The number of nitrogens with one attached hydrogen (secondary N) is 1. The molecular weight excluding hydrogens is 278 g/mol. The van der Waals surface area contributed by atoms with Gasteiger partial charge in [0.1, 0.15) is 5.75 Å². The zero-order valence-electron chi connectivity index (χ0n) is 13.0. The van der Waals surface area contributed by atoms with E-state index < -0.39 is 0 Å². The third kappa shape index (κ3) is 2.98. The fraction of sp³-hybridized carbons (Fsp3) is 0.412. The number of H-pyrrole nitrogens is 1. The van der Waals surface area contributed by atoms with Crippen LogP contribution in [0.5, 0.6) is 5.75 Å². The summed E-state index contributed by atoms with van der Waals surface area (Å²) in [6, 6.07) is 8.14. The van der Waals surface area contributed by atoms with E-state index in [1.54, 1.807) is 13.4 Å². The Morgan fingerprint density at radius 3 is 2.82 bits per heavy atom. The molecule has 116 valence electrons. The van der Waals surface area contributed by atoms with Gasteiger partial charge in [0.25, 0.3) is 0 Å². The molecule has 1 aliphatic heterocycles. The van der Waals surface area contributed by atoms with Gasteiger partial charge < -0.3 is 14.6 Å². The molecule has 1 N–H and O–H groups in total. The quantitative estimate of drug-likeness (QED) is 0.942. The Bertz CT molecular complexity index is 648. The molecule has 0 spiro atoms. The van der Waals surface area contributed by atoms with Crippen molar-refractivity contribution in [1.29, 1.82) is 0 Å². The number of amides is 1. The number of methoxy groups -OCH3 is 1. The third-order valence-corrected chi connectivity index (χ3v) is 4.38. The standard InChI is InChI=1S/C17H21N3O2/c1-12-16(19-11-18-12)9-17(21)20-8-7-14(10-20)13-3-5-15(22-2)6-4-13/h3-6,11,14H,7-10H2,1-2H3,(H,18,19). The molecule has 1 aromatic heterocycles. The van der Waals surface area contributed by atoms with Crippen LogP contribution in [0.2, 0.25) is 0 Å². The first-order valence-corrected chi connectivity index (χ1v) is 7.58. The van der Waals surface area contributed by atoms with Crippen molar-refractivity contribution in [3.05, 3.63) is 47.5 Å². The van der Waals surface area contributed by atoms with Gasteiger partial charge in [-0.15, -0.1) is 0 Å². The molecule has 1 unspecified atom stereocenters. The van der Waals surface area contributed by atoms with Crippen LogP contribution in [0.1, 0.15) is 29.3 Å². The molecule has 1 aliphatic rings. The van der Waals surface area contributed by atoms with Gasteiger partial charge in [0.05, 0.1) is 25.6 Å². The lowest BCUT2D eigenvalue weighted by Gasteiger charge is -2.16. The highest BCUT2D eigenvalue weighted by Crippen LogP contribution is 2.28. The van der Waals surface area contributed by atoms with Gasteiger partial charge >= 0.3 is 0 Å². The van der Waals surface area contributed by atoms with Crippen LogP contribution in [-0.4, -0.2) is 41.0 Å². The Hall–Kier alpha value is -2.30. The summed E-state index contributed by atoms with van der Waals surface area (Å²) in [6.07, 6.45) is 3.03. The van der Waals surface area contributed by atoms with Crippen LogP contribution < -0.4 is 4.74 Å². The zero-order valence-corrected chi connectivity index (χ0v) is 13.0. The van der Waals surface area contributed by atoms with Crippen molar-refractivity contribution < 1.29 is 9.53 Å². The average Bonchev–Trinajstić information content (AvgIpc) is 3.17. The summed E-state index contributed by atoms with van der Waals surface area (Å²) >= 11 is 0. The maximum absolute atomic E-state index is 12.4. The molecule has 22 heavy (non-hydrogen) atoms. The minimum atomic E-state index is 0.159. The normalized spacial score (nSPS) is 17.7. The lowest BCUT2D eigenvalue weighted by atomic mass is 9.98. The van der Waals surface area contributed by atoms with E-state index >= 15 is 0 Å². The fourth-order valence-electron chi connectivity index (χ4n) is 2.96. The van der Waals surface area contributed by atoms with Crippen molar-refractivity contribution in [2.75, 3.05) is 20.2 Å². The molecule has 0 aliphatic carbocycles. The van der Waals surface area contributed by atoms with Gasteiger partial charge in [-0.05, 0) is 31.0 Å². The van der Waals surface area contributed by atoms with E-state index in [0.717, 1.165) is 36.6 Å². The minimum Gasteiger partial charge on any atom is -0.497 e. The number of rotatable bonds is 4. The van der Waals surface area contributed by atoms with Crippen molar-refractivity contribution in [3.8, 4) is 5.75 Å². The number of carbonyl (C=O) groups excluding carboxylic acids is 1. The summed E-state index contributed by atoms with van der Waals surface area (Å²) in [5.41, 5.74) is 3.09. The second-order valence-electron chi connectivity index (χ2n) is 5.75. The topological polar surface area (TPSA) is 58.2 Å². The van der Waals surface area contributed by atoms with Crippen molar-refractivity contribution >= 4 is 5.91 Å². The average molecular weight is 299 g/mol. The zero-order chi connectivity index (χ0) is 15.5. The van der Waals surface area contributed by atoms with Gasteiger partial charge in [0.2, 0.25) is 5.91 Å². The van der Waals surface area contributed by atoms with E-state index in [1.165, 1.54) is 5.56 Å². The SMILES string of the molecule is COc1ccc(C2CCN(C(=O)Cc3nc[nH]c3C)C2)cc1. The number of carbonyl (C=O) groups is 1. The van der Waals surface area contributed by atoms with Crippen molar-refractivity contribution in [2.24, 2.45) is 0 Å². The summed E-state index contributed by atoms with van der Waals surface area (Å²) in [4.78, 5) is 21.6. The monoisotopic (exact) mass is 299 g/mol. The lowest BCUT2D eigenvalue weighted by Crippen LogP contribution is -2.30. The molecule has 1 aromatic carbocycles. The molecule has 2 aromatic rings. The molecule has 0 saturated carbocycles. The number of aromatic amines is 1. The molecule has 1 atom stereocenters. The number of ether oxygens (including phenoxy) is 1. The number of nitrogens with zero attached hydrogens (tertiary/aromatic N) is 2. The molecule has 2 heterocycles. The summed E-state index contributed by atoms with van der Waals surface area (Å²) in [6.45, 7) is 3.55. The first kappa shape index (κ1) is 14.6. The van der Waals surface area contributed by atoms with Crippen LogP contribution in [-0.2, 0) is 11.2 Å². The molecule has 3 rings (SSSR count). The van der Waals surface area contributed by atoms with Crippen LogP contribution >= 0.6 is 0 Å². The summed E-state index contributed by atoms with van der Waals surface area (Å²) in [5.74, 6) is 1.44. The number of likely N-dealkylation sites (tertiary alicyclic amines) is 1. The highest BCUT2D eigenvalue weighted by molar-refractivity contribution is 5.79. The number of aromatic nitrogens is 2. The number of aryl methyl sites for hydroxylation is 1. The van der Waals surface area contributed by atoms with Gasteiger partial charge in [0, 0.05) is 24.7 Å². The molecule has 0 radical (unpaired) electrons. The molecular formula is C17H21N3O2. The van der Waals surface area contributed by atoms with Crippen LogP contribution in [0.4, 0.5) is 0 Å². The maximum Gasteiger partial charge on any atom is 0.228 e. The van der Waals surface area contributed by atoms with Gasteiger partial charge in [-0.2, -0.15) is 0 Å². The van der Waals surface area contributed by atoms with E-state index in [2.05, 4.69) is 22.1 Å². The maximum atomic E-state index is 12.4. The molecule has 1 fully saturated rings. The Labute approximate surface area is 130 Å². The Morgan fingerprint density at radius 1 is 1.41 bits per heavy atom. The first-order valence-electron chi connectivity index (χ1n) is 7.58. The fourth-order valence-corrected chi connectivity index (χ4v) is 2.96. The third-order valence-electron chi connectivity index (χ3n) is 4.38. The number of hydrogen-bond donors (Lipinski definition) is 1. The van der Waals surface area contributed by atoms with Crippen LogP contribution in [0.3, 0.4) is 0 Å². The minimum absolute atomic E-state index is 0.159. The van der Waals surface area contributed by atoms with E-state index in [0.29, 0.717) is 12.3 Å². The van der Waals surface area contributed by atoms with Gasteiger partial charge in [-0.25, -0.2) is 4.98 Å². The first-order chi connectivity index (χ1) is 10.7. The highest BCUT2D eigenvalue weighted by atomic mass is 16.5. The second kappa shape index (κ2) is 6.22. The van der Waals surface area contributed by atoms with Gasteiger partial charge in [0.15, 0.2) is 0 Å². The highest BCUT2D eigenvalue weighted by Gasteiger charge is 2.27. The van der Waals surface area contributed by atoms with Crippen molar-refractivity contribution in [2.45, 2.75) is 25.7 Å². The van der Waals surface area contributed by atoms with Crippen molar-refractivity contribution in [3.63, 3.8) is 0 Å². The van der Waals surface area contributed by atoms with Crippen molar-refractivity contribution in [1.82, 2.24) is 14.9 Å². The van der Waals surface area contributed by atoms with Crippen LogP contribution in [0.25, 0.3) is 0 Å². The summed E-state index contributed by atoms with van der Waals surface area (Å²) in [7, 11) is 1.67. The Kier molecular flexibility index (Phi) is 4.13. The number of benzene rings is 1. The number of hydrogen-bond acceptors (Lipinski definition) is 3. The predicted octanol–water partition coefficient (Wildman–Crippen LogP) is 2.29. The lowest BCUT2D eigenvalue weighted by molar-refractivity contribution is -0.129. The van der Waals surface area contributed by atoms with E-state index in [9.17, 15) is 4.79 Å². The molecule has 5 nitrogen and oxygen atoms in total. The largest absolute Gasteiger partial charge is 0.497 e. The molecule has 0 bridgehead atoms. The second-order valence-corrected chi connectivity index (χ2v) is 5.75. The molecule has 1 saturated heterocycles. The summed E-state index contributed by atoms with van der Waals surface area (Å²) < 4.78 is 5.19. The summed E-state index contributed by atoms with van der Waals surface area (Å²) in [5, 5.41) is 0. The predicted molar refractivity (Wildman–Crippen MR) is 84.0 cm³/mol. The van der Waals surface area contributed by atoms with E-state index in [-0.39, 0.29) is 5.91 Å². The Morgan fingerprint density at radius 2 is 2.18 bits per heavy atom. The van der Waals surface area contributed by atoms with E-state index in [4.69, 9.17) is 4.74 Å². The van der Waals surface area contributed by atoms with Gasteiger partial charge in [-0.3, -0.25) is 4.79 Å². The van der Waals surface area contributed by atoms with Crippen LogP contribution in [0, 0.1) is 6.92 Å².